The number of nitrogens with two attached hydrogens (primary N) is 1. The van der Waals surface area contributed by atoms with E-state index in [1.165, 1.54) is 4.90 Å². The number of primary amides is 1. The van der Waals surface area contributed by atoms with Gasteiger partial charge in [-0.25, -0.2) is 4.79 Å². The quantitative estimate of drug-likeness (QED) is 0.707. The maximum atomic E-state index is 13.0. The Hall–Kier alpha value is -3.04. The van der Waals surface area contributed by atoms with Crippen molar-refractivity contribution in [2.75, 3.05) is 11.4 Å². The largest absolute Gasteiger partial charge is 0.494 e. The number of hydrogen-bond donors (Lipinski definition) is 3. The number of aromatic nitrogens is 3. The second kappa shape index (κ2) is 5.98. The highest BCUT2D eigenvalue weighted by Gasteiger charge is 2.35. The fourth-order valence-corrected chi connectivity index (χ4v) is 3.58. The summed E-state index contributed by atoms with van der Waals surface area (Å²) in [5.41, 5.74) is 5.16. The molecule has 10 nitrogen and oxygen atoms in total. The van der Waals surface area contributed by atoms with Crippen LogP contribution < -0.4 is 21.5 Å². The van der Waals surface area contributed by atoms with Gasteiger partial charge in [0.15, 0.2) is 11.4 Å². The second-order valence-corrected chi connectivity index (χ2v) is 8.68. The average Bonchev–Trinajstić information content (AvgIpc) is 3.15. The number of urea groups is 1. The summed E-state index contributed by atoms with van der Waals surface area (Å²) in [6.45, 7) is 6.66. The first-order chi connectivity index (χ1) is 13.1. The third kappa shape index (κ3) is 2.88. The van der Waals surface area contributed by atoms with E-state index in [-0.39, 0.29) is 22.9 Å². The molecule has 4 rings (SSSR count). The lowest BCUT2D eigenvalue weighted by Gasteiger charge is -2.23. The Labute approximate surface area is 160 Å². The topological polar surface area (TPSA) is 135 Å². The van der Waals surface area contributed by atoms with Crippen molar-refractivity contribution in [3.63, 3.8) is 0 Å². The van der Waals surface area contributed by atoms with Crippen LogP contribution in [0.25, 0.3) is 5.65 Å². The van der Waals surface area contributed by atoms with E-state index in [1.54, 1.807) is 4.57 Å². The number of fused-ring (bicyclic) bond motifs is 3. The van der Waals surface area contributed by atoms with Crippen molar-refractivity contribution in [2.24, 2.45) is 11.1 Å². The Morgan fingerprint density at radius 1 is 1.32 bits per heavy atom. The molecule has 3 amide bonds. The molecule has 2 aromatic rings. The summed E-state index contributed by atoms with van der Waals surface area (Å²) in [4.78, 5) is 38.7. The minimum absolute atomic E-state index is 0.0334. The number of hydrogen-bond acceptors (Lipinski definition) is 5. The molecule has 1 fully saturated rings. The number of nitrogens with zero attached hydrogens (tertiary/aromatic N) is 4. The van der Waals surface area contributed by atoms with Gasteiger partial charge in [0.25, 0.3) is 11.5 Å². The number of carbonyl (C=O) groups is 2. The van der Waals surface area contributed by atoms with Crippen LogP contribution in [0.3, 0.4) is 0 Å². The summed E-state index contributed by atoms with van der Waals surface area (Å²) in [6.07, 6.45) is 2.17. The predicted molar refractivity (Wildman–Crippen MR) is 102 cm³/mol. The summed E-state index contributed by atoms with van der Waals surface area (Å²) in [5, 5.41) is 17.9. The highest BCUT2D eigenvalue weighted by molar-refractivity contribution is 5.97. The summed E-state index contributed by atoms with van der Waals surface area (Å²) in [5.74, 6) is -0.700. The smallest absolute Gasteiger partial charge is 0.320 e. The van der Waals surface area contributed by atoms with Crippen molar-refractivity contribution in [2.45, 2.75) is 52.6 Å². The fraction of sp³-hybridized carbons (Fsp3) is 0.556. The third-order valence-corrected chi connectivity index (χ3v) is 4.96. The molecule has 10 heteroatoms. The van der Waals surface area contributed by atoms with Gasteiger partial charge >= 0.3 is 6.03 Å². The lowest BCUT2D eigenvalue weighted by Crippen LogP contribution is -2.36. The lowest BCUT2D eigenvalue weighted by atomic mass is 9.96. The summed E-state index contributed by atoms with van der Waals surface area (Å²) in [6, 6.07) is -0.626. The zero-order chi connectivity index (χ0) is 20.4. The molecule has 0 radical (unpaired) electrons. The molecular formula is C18H24N6O4. The van der Waals surface area contributed by atoms with Gasteiger partial charge in [0.05, 0.1) is 0 Å². The Bertz CT molecular complexity index is 1060. The molecule has 3 heterocycles. The van der Waals surface area contributed by atoms with E-state index in [1.807, 2.05) is 20.8 Å². The van der Waals surface area contributed by atoms with Crippen molar-refractivity contribution >= 4 is 23.4 Å². The molecule has 0 spiro atoms. The Balaban J connectivity index is 1.98. The van der Waals surface area contributed by atoms with E-state index in [9.17, 15) is 19.5 Å². The number of anilines is 1. The van der Waals surface area contributed by atoms with E-state index >= 15 is 0 Å². The first-order valence-electron chi connectivity index (χ1n) is 9.33. The summed E-state index contributed by atoms with van der Waals surface area (Å²) >= 11 is 0. The van der Waals surface area contributed by atoms with Gasteiger partial charge in [-0.05, 0) is 24.7 Å². The molecule has 0 unspecified atom stereocenters. The molecule has 1 aliphatic carbocycles. The normalized spacial score (nSPS) is 16.5. The molecule has 150 valence electrons. The highest BCUT2D eigenvalue weighted by Crippen LogP contribution is 2.33. The van der Waals surface area contributed by atoms with E-state index in [0.29, 0.717) is 36.5 Å². The van der Waals surface area contributed by atoms with Gasteiger partial charge in [-0.2, -0.15) is 4.52 Å². The first kappa shape index (κ1) is 18.3. The first-order valence-corrected chi connectivity index (χ1v) is 9.33. The SMILES string of the molecule is CC(C)(C)Cn1c(O)c(C(=O)NC2CC2)c(=O)n2nc3c(c12)CCN3C(N)=O. The van der Waals surface area contributed by atoms with E-state index in [2.05, 4.69) is 10.4 Å². The third-order valence-electron chi connectivity index (χ3n) is 4.96. The van der Waals surface area contributed by atoms with Gasteiger partial charge < -0.3 is 16.2 Å². The van der Waals surface area contributed by atoms with Crippen molar-refractivity contribution in [3.8, 4) is 5.88 Å². The molecule has 0 bridgehead atoms. The molecule has 1 aliphatic heterocycles. The van der Waals surface area contributed by atoms with Crippen molar-refractivity contribution in [1.82, 2.24) is 19.5 Å². The molecule has 28 heavy (non-hydrogen) atoms. The number of aromatic hydroxyl groups is 1. The molecule has 0 atom stereocenters. The van der Waals surface area contributed by atoms with Gasteiger partial charge in [0, 0.05) is 24.7 Å². The maximum absolute atomic E-state index is 13.0. The van der Waals surface area contributed by atoms with Crippen LogP contribution in [0.5, 0.6) is 5.88 Å². The van der Waals surface area contributed by atoms with Crippen LogP contribution in [0.15, 0.2) is 4.79 Å². The molecule has 2 aromatic heterocycles. The van der Waals surface area contributed by atoms with Gasteiger partial charge in [-0.1, -0.05) is 20.8 Å². The lowest BCUT2D eigenvalue weighted by molar-refractivity contribution is 0.0944. The van der Waals surface area contributed by atoms with E-state index in [4.69, 9.17) is 5.73 Å². The Kier molecular flexibility index (Phi) is 3.91. The van der Waals surface area contributed by atoms with Gasteiger partial charge in [-0.3, -0.25) is 19.1 Å². The number of amides is 3. The molecule has 0 saturated heterocycles. The van der Waals surface area contributed by atoms with Crippen LogP contribution in [0.4, 0.5) is 10.6 Å². The molecule has 4 N–H and O–H groups in total. The van der Waals surface area contributed by atoms with Gasteiger partial charge in [0.2, 0.25) is 5.88 Å². The van der Waals surface area contributed by atoms with Gasteiger partial charge in [-0.15, -0.1) is 5.10 Å². The monoisotopic (exact) mass is 388 g/mol. The van der Waals surface area contributed by atoms with Crippen molar-refractivity contribution in [1.29, 1.82) is 0 Å². The van der Waals surface area contributed by atoms with Crippen LogP contribution in [0.2, 0.25) is 0 Å². The second-order valence-electron chi connectivity index (χ2n) is 8.68. The van der Waals surface area contributed by atoms with Crippen LogP contribution in [-0.2, 0) is 13.0 Å². The minimum Gasteiger partial charge on any atom is -0.494 e. The van der Waals surface area contributed by atoms with Gasteiger partial charge in [0.1, 0.15) is 5.65 Å². The van der Waals surface area contributed by atoms with Crippen LogP contribution in [0.1, 0.15) is 49.5 Å². The predicted octanol–water partition coefficient (Wildman–Crippen LogP) is 0.581. The Morgan fingerprint density at radius 2 is 2.00 bits per heavy atom. The average molecular weight is 388 g/mol. The number of nitrogens with one attached hydrogen (secondary N) is 1. The highest BCUT2D eigenvalue weighted by atomic mass is 16.3. The molecule has 1 saturated carbocycles. The fourth-order valence-electron chi connectivity index (χ4n) is 3.58. The van der Waals surface area contributed by atoms with Crippen LogP contribution >= 0.6 is 0 Å². The Morgan fingerprint density at radius 3 is 2.57 bits per heavy atom. The standard InChI is InChI=1S/C18H24N6O4/c1-18(2,3)8-23-14-10-6-7-22(17(19)28)12(10)21-24(14)16(27)11(15(23)26)13(25)20-9-4-5-9/h9,26H,4-8H2,1-3H3,(H2,19,28)(H,20,25). The summed E-state index contributed by atoms with van der Waals surface area (Å²) < 4.78 is 2.65. The molecule has 2 aliphatic rings. The number of rotatable bonds is 3. The molecule has 0 aromatic carbocycles. The zero-order valence-corrected chi connectivity index (χ0v) is 16.2. The van der Waals surface area contributed by atoms with Crippen molar-refractivity contribution < 1.29 is 14.7 Å². The van der Waals surface area contributed by atoms with Crippen molar-refractivity contribution in [3.05, 3.63) is 21.5 Å². The van der Waals surface area contributed by atoms with Crippen LogP contribution in [-0.4, -0.2) is 43.8 Å². The summed E-state index contributed by atoms with van der Waals surface area (Å²) in [7, 11) is 0. The van der Waals surface area contributed by atoms with E-state index < -0.39 is 17.5 Å². The minimum atomic E-state index is -0.713. The van der Waals surface area contributed by atoms with E-state index in [0.717, 1.165) is 17.4 Å². The number of carbonyl (C=O) groups excluding carboxylic acids is 2. The van der Waals surface area contributed by atoms with Crippen LogP contribution in [0, 0.1) is 5.41 Å². The maximum Gasteiger partial charge on any atom is 0.320 e. The zero-order valence-electron chi connectivity index (χ0n) is 16.2. The molecular weight excluding hydrogens is 364 g/mol.